The molecule has 1 aliphatic rings. The van der Waals surface area contributed by atoms with Crippen molar-refractivity contribution in [2.45, 2.75) is 0 Å². The van der Waals surface area contributed by atoms with Crippen molar-refractivity contribution in [3.8, 4) is 39.3 Å². The van der Waals surface area contributed by atoms with Gasteiger partial charge in [0.05, 0.1) is 55.6 Å². The SMILES string of the molecule is O=C1c2cccc(-n3c4ccc(-n5c6ccccc6c6ccccc65)cc4c4cc(-n5c6ccccc6c6ccccc65)ccc43)c2C(=O)N1c1ccc(-c2ccccc2)cc1-c1ccccc1. The molecule has 0 radical (unpaired) electrons. The molecule has 6 heteroatoms. The Morgan fingerprint density at radius 3 is 1.24 bits per heavy atom. The van der Waals surface area contributed by atoms with E-state index < -0.39 is 0 Å². The van der Waals surface area contributed by atoms with Crippen LogP contribution < -0.4 is 4.90 Å². The number of amides is 2. The fourth-order valence-corrected chi connectivity index (χ4v) is 11.0. The van der Waals surface area contributed by atoms with Crippen molar-refractivity contribution >= 4 is 82.9 Å². The predicted molar refractivity (Wildman–Crippen MR) is 278 cm³/mol. The number of carbonyl (C=O) groups excluding carboxylic acids is 2. The van der Waals surface area contributed by atoms with Gasteiger partial charge in [-0.05, 0) is 102 Å². The Bertz CT molecular complexity index is 3970. The molecule has 6 nitrogen and oxygen atoms in total. The van der Waals surface area contributed by atoms with E-state index in [4.69, 9.17) is 0 Å². The second-order valence-corrected chi connectivity index (χ2v) is 17.6. The van der Waals surface area contributed by atoms with Crippen LogP contribution in [0, 0.1) is 0 Å². The maximum Gasteiger partial charge on any atom is 0.268 e. The van der Waals surface area contributed by atoms with Crippen molar-refractivity contribution in [3.05, 3.63) is 242 Å². The third kappa shape index (κ3) is 5.46. The van der Waals surface area contributed by atoms with Gasteiger partial charge in [-0.1, -0.05) is 146 Å². The lowest BCUT2D eigenvalue weighted by atomic mass is 9.97. The predicted octanol–water partition coefficient (Wildman–Crippen LogP) is 15.1. The molecule has 13 aromatic rings. The van der Waals surface area contributed by atoms with E-state index in [9.17, 15) is 4.79 Å². The molecule has 2 amide bonds. The lowest BCUT2D eigenvalue weighted by molar-refractivity contribution is 0.0926. The maximum absolute atomic E-state index is 15.3. The highest BCUT2D eigenvalue weighted by Gasteiger charge is 2.40. The van der Waals surface area contributed by atoms with Crippen molar-refractivity contribution in [2.24, 2.45) is 0 Å². The zero-order valence-electron chi connectivity index (χ0n) is 36.5. The van der Waals surface area contributed by atoms with Crippen LogP contribution in [0.15, 0.2) is 231 Å². The monoisotopic (exact) mass is 870 g/mol. The van der Waals surface area contributed by atoms with Crippen LogP contribution in [0.1, 0.15) is 20.7 Å². The molecule has 0 aliphatic carbocycles. The van der Waals surface area contributed by atoms with Crippen molar-refractivity contribution in [2.75, 3.05) is 4.90 Å². The van der Waals surface area contributed by atoms with E-state index in [1.54, 1.807) is 6.07 Å². The number of aromatic nitrogens is 3. The number of fused-ring (bicyclic) bond motifs is 10. The molecule has 0 saturated carbocycles. The molecule has 68 heavy (non-hydrogen) atoms. The normalized spacial score (nSPS) is 12.7. The molecule has 3 aromatic heterocycles. The van der Waals surface area contributed by atoms with Gasteiger partial charge in [-0.25, -0.2) is 4.90 Å². The summed E-state index contributed by atoms with van der Waals surface area (Å²) in [6.07, 6.45) is 0. The number of benzene rings is 10. The van der Waals surface area contributed by atoms with Crippen molar-refractivity contribution in [1.29, 1.82) is 0 Å². The number of hydrogen-bond acceptors (Lipinski definition) is 2. The topological polar surface area (TPSA) is 52.2 Å². The van der Waals surface area contributed by atoms with Crippen LogP contribution in [-0.4, -0.2) is 25.5 Å². The third-order valence-corrected chi connectivity index (χ3v) is 14.0. The van der Waals surface area contributed by atoms with Crippen LogP contribution in [-0.2, 0) is 0 Å². The van der Waals surface area contributed by atoms with E-state index in [0.29, 0.717) is 22.5 Å². The van der Waals surface area contributed by atoms with Gasteiger partial charge in [0.1, 0.15) is 0 Å². The van der Waals surface area contributed by atoms with Crippen LogP contribution in [0.5, 0.6) is 0 Å². The molecule has 0 fully saturated rings. The molecule has 0 atom stereocenters. The Balaban J connectivity index is 1.00. The second-order valence-electron chi connectivity index (χ2n) is 17.6. The van der Waals surface area contributed by atoms with Gasteiger partial charge >= 0.3 is 0 Å². The van der Waals surface area contributed by atoms with Crippen LogP contribution >= 0.6 is 0 Å². The quantitative estimate of drug-likeness (QED) is 0.156. The first-order chi connectivity index (χ1) is 33.6. The van der Waals surface area contributed by atoms with E-state index >= 15 is 4.79 Å². The molecule has 0 unspecified atom stereocenters. The first-order valence-electron chi connectivity index (χ1n) is 22.9. The van der Waals surface area contributed by atoms with E-state index in [-0.39, 0.29) is 11.8 Å². The summed E-state index contributed by atoms with van der Waals surface area (Å²) in [4.78, 5) is 31.6. The number of rotatable bonds is 6. The fraction of sp³-hybridized carbons (Fsp3) is 0. The van der Waals surface area contributed by atoms with Gasteiger partial charge < -0.3 is 13.7 Å². The number of carbonyl (C=O) groups is 2. The summed E-state index contributed by atoms with van der Waals surface area (Å²) in [6.45, 7) is 0. The van der Waals surface area contributed by atoms with Gasteiger partial charge in [-0.2, -0.15) is 0 Å². The molecule has 10 aromatic carbocycles. The molecule has 4 heterocycles. The summed E-state index contributed by atoms with van der Waals surface area (Å²) < 4.78 is 6.87. The lowest BCUT2D eigenvalue weighted by Crippen LogP contribution is -2.30. The Labute approximate surface area is 390 Å². The minimum atomic E-state index is -0.357. The van der Waals surface area contributed by atoms with Gasteiger partial charge in [0, 0.05) is 49.3 Å². The average molecular weight is 871 g/mol. The number of imide groups is 1. The highest BCUT2D eigenvalue weighted by Crippen LogP contribution is 2.44. The Morgan fingerprint density at radius 2 is 0.721 bits per heavy atom. The van der Waals surface area contributed by atoms with Crippen LogP contribution in [0.4, 0.5) is 5.69 Å². The standard InChI is InChI=1S/C62H38N4O2/c67-61-48-24-15-29-59(60(48)62(68)66(61)56-33-30-41(39-16-3-1-4-17-39)36-49(56)40-18-5-2-6-19-40)65-57-34-31-42(63-52-25-11-7-20-44(52)45-21-8-12-26-53(45)63)37-50(57)51-38-43(32-35-58(51)65)64-54-27-13-9-22-46(54)47-23-10-14-28-55(47)64/h1-38H. The van der Waals surface area contributed by atoms with Crippen molar-refractivity contribution < 1.29 is 9.59 Å². The number of anilines is 1. The largest absolute Gasteiger partial charge is 0.309 e. The summed E-state index contributed by atoms with van der Waals surface area (Å²) in [5.74, 6) is -0.705. The minimum Gasteiger partial charge on any atom is -0.309 e. The zero-order chi connectivity index (χ0) is 45.0. The van der Waals surface area contributed by atoms with Gasteiger partial charge in [0.2, 0.25) is 0 Å². The Morgan fingerprint density at radius 1 is 0.265 bits per heavy atom. The van der Waals surface area contributed by atoms with Gasteiger partial charge in [-0.15, -0.1) is 0 Å². The van der Waals surface area contributed by atoms with Gasteiger partial charge in [0.15, 0.2) is 0 Å². The molecule has 1 aliphatic heterocycles. The molecule has 0 N–H and O–H groups in total. The smallest absolute Gasteiger partial charge is 0.268 e. The fourth-order valence-electron chi connectivity index (χ4n) is 11.0. The Kier molecular flexibility index (Phi) is 8.18. The Hall–Kier alpha value is -9.26. The van der Waals surface area contributed by atoms with Crippen molar-refractivity contribution in [1.82, 2.24) is 13.7 Å². The van der Waals surface area contributed by atoms with E-state index in [0.717, 1.165) is 77.5 Å². The summed E-state index contributed by atoms with van der Waals surface area (Å²) >= 11 is 0. The van der Waals surface area contributed by atoms with Crippen molar-refractivity contribution in [3.63, 3.8) is 0 Å². The molecule has 0 spiro atoms. The highest BCUT2D eigenvalue weighted by molar-refractivity contribution is 6.36. The van der Waals surface area contributed by atoms with Gasteiger partial charge in [-0.3, -0.25) is 9.59 Å². The first-order valence-corrected chi connectivity index (χ1v) is 22.9. The third-order valence-electron chi connectivity index (χ3n) is 14.0. The summed E-state index contributed by atoms with van der Waals surface area (Å²) in [5.41, 5.74) is 14.1. The highest BCUT2D eigenvalue weighted by atomic mass is 16.2. The number of nitrogens with zero attached hydrogens (tertiary/aromatic N) is 4. The maximum atomic E-state index is 15.3. The molecular weight excluding hydrogens is 833 g/mol. The van der Waals surface area contributed by atoms with E-state index in [1.807, 2.05) is 72.8 Å². The van der Waals surface area contributed by atoms with Crippen LogP contribution in [0.2, 0.25) is 0 Å². The zero-order valence-corrected chi connectivity index (χ0v) is 36.5. The summed E-state index contributed by atoms with van der Waals surface area (Å²) in [6, 6.07) is 79.3. The molecular formula is C62H38N4O2. The van der Waals surface area contributed by atoms with E-state index in [1.165, 1.54) is 26.4 Å². The lowest BCUT2D eigenvalue weighted by Gasteiger charge is -2.20. The molecule has 14 rings (SSSR count). The number of hydrogen-bond donors (Lipinski definition) is 0. The minimum absolute atomic E-state index is 0.348. The average Bonchev–Trinajstić information content (AvgIpc) is 4.10. The summed E-state index contributed by atoms with van der Waals surface area (Å²) in [5, 5.41) is 6.81. The van der Waals surface area contributed by atoms with Crippen LogP contribution in [0.3, 0.4) is 0 Å². The van der Waals surface area contributed by atoms with Crippen LogP contribution in [0.25, 0.3) is 105 Å². The molecule has 318 valence electrons. The van der Waals surface area contributed by atoms with Gasteiger partial charge in [0.25, 0.3) is 11.8 Å². The summed E-state index contributed by atoms with van der Waals surface area (Å²) in [7, 11) is 0. The molecule has 0 bridgehead atoms. The molecule has 0 saturated heterocycles. The second kappa shape index (κ2) is 14.6. The first kappa shape index (κ1) is 38.1. The number of para-hydroxylation sites is 4. The van der Waals surface area contributed by atoms with E-state index in [2.05, 4.69) is 165 Å².